The van der Waals surface area contributed by atoms with E-state index in [0.717, 1.165) is 15.9 Å². The molecule has 0 bridgehead atoms. The zero-order valence-electron chi connectivity index (χ0n) is 11.2. The summed E-state index contributed by atoms with van der Waals surface area (Å²) in [7, 11) is 0. The SMILES string of the molecule is Cc1cccc(OCCNc2ccc(Br)cc2C#N)c1. The second kappa shape index (κ2) is 6.97. The van der Waals surface area contributed by atoms with Crippen LogP contribution in [0.15, 0.2) is 46.9 Å². The maximum Gasteiger partial charge on any atom is 0.119 e. The average molecular weight is 331 g/mol. The van der Waals surface area contributed by atoms with Crippen LogP contribution in [0.5, 0.6) is 5.75 Å². The molecule has 0 spiro atoms. The lowest BCUT2D eigenvalue weighted by atomic mass is 10.2. The fraction of sp³-hybridized carbons (Fsp3) is 0.188. The molecule has 1 N–H and O–H groups in total. The summed E-state index contributed by atoms with van der Waals surface area (Å²) in [4.78, 5) is 0. The highest BCUT2D eigenvalue weighted by Crippen LogP contribution is 2.20. The van der Waals surface area contributed by atoms with E-state index in [9.17, 15) is 0 Å². The molecule has 0 saturated heterocycles. The highest BCUT2D eigenvalue weighted by atomic mass is 79.9. The number of rotatable bonds is 5. The van der Waals surface area contributed by atoms with E-state index >= 15 is 0 Å². The topological polar surface area (TPSA) is 45.0 Å². The number of benzene rings is 2. The number of hydrogen-bond donors (Lipinski definition) is 1. The molecule has 0 saturated carbocycles. The second-order valence-corrected chi connectivity index (χ2v) is 5.31. The van der Waals surface area contributed by atoms with E-state index in [4.69, 9.17) is 10.00 Å². The lowest BCUT2D eigenvalue weighted by Crippen LogP contribution is -2.12. The van der Waals surface area contributed by atoms with E-state index in [1.54, 1.807) is 6.07 Å². The van der Waals surface area contributed by atoms with Gasteiger partial charge in [-0.15, -0.1) is 0 Å². The highest BCUT2D eigenvalue weighted by Gasteiger charge is 2.02. The van der Waals surface area contributed by atoms with Crippen molar-refractivity contribution in [3.63, 3.8) is 0 Å². The third kappa shape index (κ3) is 4.01. The molecule has 2 aromatic rings. The van der Waals surface area contributed by atoms with Crippen LogP contribution in [0.25, 0.3) is 0 Å². The Kier molecular flexibility index (Phi) is 5.03. The molecule has 20 heavy (non-hydrogen) atoms. The Morgan fingerprint density at radius 1 is 1.25 bits per heavy atom. The summed E-state index contributed by atoms with van der Waals surface area (Å²) in [5.74, 6) is 0.864. The van der Waals surface area contributed by atoms with Crippen molar-refractivity contribution in [1.29, 1.82) is 5.26 Å². The van der Waals surface area contributed by atoms with Crippen LogP contribution in [0.2, 0.25) is 0 Å². The number of nitrogens with one attached hydrogen (secondary N) is 1. The summed E-state index contributed by atoms with van der Waals surface area (Å²) in [5, 5.41) is 12.3. The van der Waals surface area contributed by atoms with Gasteiger partial charge in [-0.05, 0) is 42.8 Å². The predicted octanol–water partition coefficient (Wildman–Crippen LogP) is 4.12. The lowest BCUT2D eigenvalue weighted by Gasteiger charge is -2.10. The minimum absolute atomic E-state index is 0.546. The van der Waals surface area contributed by atoms with Gasteiger partial charge in [-0.2, -0.15) is 5.26 Å². The van der Waals surface area contributed by atoms with Gasteiger partial charge in [-0.1, -0.05) is 28.1 Å². The minimum atomic E-state index is 0.546. The van der Waals surface area contributed by atoms with Crippen molar-refractivity contribution in [3.8, 4) is 11.8 Å². The molecule has 102 valence electrons. The van der Waals surface area contributed by atoms with Gasteiger partial charge < -0.3 is 10.1 Å². The van der Waals surface area contributed by atoms with Crippen LogP contribution in [-0.4, -0.2) is 13.2 Å². The molecule has 0 heterocycles. The van der Waals surface area contributed by atoms with Gasteiger partial charge in [0.05, 0.1) is 11.3 Å². The van der Waals surface area contributed by atoms with Gasteiger partial charge in [0, 0.05) is 11.0 Å². The van der Waals surface area contributed by atoms with Crippen molar-refractivity contribution in [3.05, 3.63) is 58.1 Å². The number of halogens is 1. The van der Waals surface area contributed by atoms with Crippen LogP contribution in [0.1, 0.15) is 11.1 Å². The Labute approximate surface area is 127 Å². The predicted molar refractivity (Wildman–Crippen MR) is 84.0 cm³/mol. The van der Waals surface area contributed by atoms with Gasteiger partial charge in [-0.3, -0.25) is 0 Å². The number of nitriles is 1. The van der Waals surface area contributed by atoms with Crippen molar-refractivity contribution in [2.75, 3.05) is 18.5 Å². The first kappa shape index (κ1) is 14.4. The van der Waals surface area contributed by atoms with Crippen molar-refractivity contribution in [2.45, 2.75) is 6.92 Å². The van der Waals surface area contributed by atoms with Crippen LogP contribution >= 0.6 is 15.9 Å². The number of hydrogen-bond acceptors (Lipinski definition) is 3. The molecule has 0 atom stereocenters. The second-order valence-electron chi connectivity index (χ2n) is 4.39. The molecule has 0 amide bonds. The monoisotopic (exact) mass is 330 g/mol. The third-order valence-corrected chi connectivity index (χ3v) is 3.27. The first-order chi connectivity index (χ1) is 9.69. The fourth-order valence-electron chi connectivity index (χ4n) is 1.82. The normalized spacial score (nSPS) is 9.85. The van der Waals surface area contributed by atoms with Crippen LogP contribution in [0.4, 0.5) is 5.69 Å². The standard InChI is InChI=1S/C16H15BrN2O/c1-12-3-2-4-15(9-12)20-8-7-19-16-6-5-14(17)10-13(16)11-18/h2-6,9-10,19H,7-8H2,1H3. The largest absolute Gasteiger partial charge is 0.492 e. The molecule has 2 aromatic carbocycles. The van der Waals surface area contributed by atoms with Gasteiger partial charge in [0.1, 0.15) is 18.4 Å². The van der Waals surface area contributed by atoms with Crippen LogP contribution in [0, 0.1) is 18.3 Å². The Morgan fingerprint density at radius 2 is 2.10 bits per heavy atom. The summed E-state index contributed by atoms with van der Waals surface area (Å²) >= 11 is 3.35. The van der Waals surface area contributed by atoms with Crippen molar-refractivity contribution in [2.24, 2.45) is 0 Å². The number of ether oxygens (including phenoxy) is 1. The third-order valence-electron chi connectivity index (χ3n) is 2.78. The minimum Gasteiger partial charge on any atom is -0.492 e. The molecule has 0 aliphatic carbocycles. The number of nitrogens with zero attached hydrogens (tertiary/aromatic N) is 1. The van der Waals surface area contributed by atoms with E-state index in [1.165, 1.54) is 5.56 Å². The summed E-state index contributed by atoms with van der Waals surface area (Å²) in [6.07, 6.45) is 0. The van der Waals surface area contributed by atoms with Gasteiger partial charge in [-0.25, -0.2) is 0 Å². The molecule has 2 rings (SSSR count). The average Bonchev–Trinajstić information content (AvgIpc) is 2.45. The maximum absolute atomic E-state index is 9.07. The summed E-state index contributed by atoms with van der Waals surface area (Å²) in [6.45, 7) is 3.22. The fourth-order valence-corrected chi connectivity index (χ4v) is 2.18. The van der Waals surface area contributed by atoms with Crippen molar-refractivity contribution in [1.82, 2.24) is 0 Å². The Bertz CT molecular complexity index is 635. The van der Waals surface area contributed by atoms with Crippen LogP contribution < -0.4 is 10.1 Å². The molecule has 0 aromatic heterocycles. The van der Waals surface area contributed by atoms with Gasteiger partial charge >= 0.3 is 0 Å². The van der Waals surface area contributed by atoms with Crippen molar-refractivity contribution < 1.29 is 4.74 Å². The Hall–Kier alpha value is -1.99. The van der Waals surface area contributed by atoms with Crippen LogP contribution in [-0.2, 0) is 0 Å². The zero-order valence-corrected chi connectivity index (χ0v) is 12.8. The summed E-state index contributed by atoms with van der Waals surface area (Å²) in [5.41, 5.74) is 2.62. The first-order valence-corrected chi connectivity index (χ1v) is 7.11. The molecule has 0 aliphatic rings. The maximum atomic E-state index is 9.07. The van der Waals surface area contributed by atoms with Gasteiger partial charge in [0.2, 0.25) is 0 Å². The summed E-state index contributed by atoms with van der Waals surface area (Å²) < 4.78 is 6.55. The van der Waals surface area contributed by atoms with E-state index in [1.807, 2.05) is 43.3 Å². The lowest BCUT2D eigenvalue weighted by molar-refractivity contribution is 0.332. The molecule has 0 fully saturated rings. The molecule has 4 heteroatoms. The van der Waals surface area contributed by atoms with Gasteiger partial charge in [0.25, 0.3) is 0 Å². The van der Waals surface area contributed by atoms with E-state index in [2.05, 4.69) is 27.3 Å². The number of aryl methyl sites for hydroxylation is 1. The smallest absolute Gasteiger partial charge is 0.119 e. The molecule has 3 nitrogen and oxygen atoms in total. The highest BCUT2D eigenvalue weighted by molar-refractivity contribution is 9.10. The first-order valence-electron chi connectivity index (χ1n) is 6.32. The zero-order chi connectivity index (χ0) is 14.4. The quantitative estimate of drug-likeness (QED) is 0.838. The van der Waals surface area contributed by atoms with Gasteiger partial charge in [0.15, 0.2) is 0 Å². The summed E-state index contributed by atoms with van der Waals surface area (Å²) in [6, 6.07) is 15.7. The van der Waals surface area contributed by atoms with E-state index in [-0.39, 0.29) is 0 Å². The molecule has 0 unspecified atom stereocenters. The van der Waals surface area contributed by atoms with E-state index in [0.29, 0.717) is 18.7 Å². The Balaban J connectivity index is 1.86. The molecular weight excluding hydrogens is 316 g/mol. The van der Waals surface area contributed by atoms with E-state index < -0.39 is 0 Å². The Morgan fingerprint density at radius 3 is 2.85 bits per heavy atom. The van der Waals surface area contributed by atoms with Crippen molar-refractivity contribution >= 4 is 21.6 Å². The molecular formula is C16H15BrN2O. The number of anilines is 1. The van der Waals surface area contributed by atoms with Crippen LogP contribution in [0.3, 0.4) is 0 Å². The molecule has 0 aliphatic heterocycles. The molecule has 0 radical (unpaired) electrons.